The first kappa shape index (κ1) is 23.6. The molecule has 0 spiro atoms. The summed E-state index contributed by atoms with van der Waals surface area (Å²) in [5.41, 5.74) is 3.07. The van der Waals surface area contributed by atoms with Gasteiger partial charge in [0.25, 0.3) is 5.91 Å². The molecule has 2 heterocycles. The van der Waals surface area contributed by atoms with Crippen LogP contribution < -0.4 is 5.32 Å². The fourth-order valence-corrected chi connectivity index (χ4v) is 6.05. The molecule has 9 heteroatoms. The molecule has 1 saturated heterocycles. The minimum absolute atomic E-state index is 0.0918. The highest BCUT2D eigenvalue weighted by atomic mass is 32.2. The average Bonchev–Trinajstić information content (AvgIpc) is 3.34. The molecule has 174 valence electrons. The molecule has 1 N–H and O–H groups in total. The molecule has 0 saturated carbocycles. The van der Waals surface area contributed by atoms with Crippen LogP contribution >= 0.6 is 11.3 Å². The Labute approximate surface area is 198 Å². The van der Waals surface area contributed by atoms with Gasteiger partial charge in [-0.25, -0.2) is 13.4 Å². The molecule has 1 fully saturated rings. The monoisotopic (exact) mass is 485 g/mol. The zero-order valence-electron chi connectivity index (χ0n) is 18.7. The number of morpholine rings is 1. The number of benzene rings is 2. The van der Waals surface area contributed by atoms with Crippen LogP contribution in [-0.2, 0) is 21.3 Å². The number of carbonyl (C=O) groups excluding carboxylic acids is 1. The number of thiazole rings is 1. The molecule has 2 aromatic carbocycles. The Morgan fingerprint density at radius 3 is 2.52 bits per heavy atom. The number of amides is 1. The van der Waals surface area contributed by atoms with Crippen LogP contribution in [0.15, 0.2) is 58.8 Å². The first-order chi connectivity index (χ1) is 15.9. The number of nitrogens with one attached hydrogen (secondary N) is 1. The maximum Gasteiger partial charge on any atom is 0.271 e. The molecule has 0 unspecified atom stereocenters. The van der Waals surface area contributed by atoms with Gasteiger partial charge >= 0.3 is 0 Å². The number of ether oxygens (including phenoxy) is 1. The van der Waals surface area contributed by atoms with E-state index in [1.54, 1.807) is 29.6 Å². The van der Waals surface area contributed by atoms with Crippen LogP contribution in [0.4, 0.5) is 0 Å². The van der Waals surface area contributed by atoms with E-state index in [0.717, 1.165) is 10.6 Å². The number of rotatable bonds is 7. The zero-order valence-corrected chi connectivity index (χ0v) is 20.3. The molecule has 3 aromatic rings. The Hall–Kier alpha value is -2.59. The van der Waals surface area contributed by atoms with Crippen molar-refractivity contribution >= 4 is 27.3 Å². The summed E-state index contributed by atoms with van der Waals surface area (Å²) in [6, 6.07) is 14.9. The van der Waals surface area contributed by atoms with E-state index in [2.05, 4.69) is 36.3 Å². The van der Waals surface area contributed by atoms with Gasteiger partial charge in [0.05, 0.1) is 18.1 Å². The van der Waals surface area contributed by atoms with E-state index >= 15 is 0 Å². The second-order valence-corrected chi connectivity index (χ2v) is 10.9. The van der Waals surface area contributed by atoms with Crippen molar-refractivity contribution in [2.24, 2.45) is 0 Å². The van der Waals surface area contributed by atoms with Gasteiger partial charge < -0.3 is 10.1 Å². The smallest absolute Gasteiger partial charge is 0.271 e. The summed E-state index contributed by atoms with van der Waals surface area (Å²) in [6.07, 6.45) is 0. The number of aromatic nitrogens is 1. The van der Waals surface area contributed by atoms with Crippen molar-refractivity contribution in [2.45, 2.75) is 31.2 Å². The molecule has 0 bridgehead atoms. The summed E-state index contributed by atoms with van der Waals surface area (Å²) in [4.78, 5) is 17.4. The van der Waals surface area contributed by atoms with Crippen molar-refractivity contribution in [3.8, 4) is 10.6 Å². The van der Waals surface area contributed by atoms with E-state index < -0.39 is 10.0 Å². The second-order valence-electron chi connectivity index (χ2n) is 8.12. The van der Waals surface area contributed by atoms with Crippen LogP contribution in [0.2, 0.25) is 0 Å². The Kier molecular flexibility index (Phi) is 7.23. The van der Waals surface area contributed by atoms with E-state index in [-0.39, 0.29) is 17.3 Å². The van der Waals surface area contributed by atoms with E-state index in [0.29, 0.717) is 43.5 Å². The molecule has 33 heavy (non-hydrogen) atoms. The van der Waals surface area contributed by atoms with Crippen LogP contribution in [0.5, 0.6) is 0 Å². The average molecular weight is 486 g/mol. The number of carbonyl (C=O) groups is 1. The molecule has 1 amide bonds. The predicted molar refractivity (Wildman–Crippen MR) is 129 cm³/mol. The fourth-order valence-electron chi connectivity index (χ4n) is 3.61. The summed E-state index contributed by atoms with van der Waals surface area (Å²) >= 11 is 1.41. The Balaban J connectivity index is 1.46. The van der Waals surface area contributed by atoms with Gasteiger partial charge in [-0.1, -0.05) is 56.3 Å². The van der Waals surface area contributed by atoms with Crippen LogP contribution in [0, 0.1) is 0 Å². The van der Waals surface area contributed by atoms with Crippen LogP contribution in [0.1, 0.15) is 41.4 Å². The number of hydrogen-bond donors (Lipinski definition) is 1. The number of nitrogens with zero attached hydrogens (tertiary/aromatic N) is 2. The molecule has 0 radical (unpaired) electrons. The van der Waals surface area contributed by atoms with Gasteiger partial charge in [-0.3, -0.25) is 4.79 Å². The second kappa shape index (κ2) is 10.1. The third-order valence-corrected chi connectivity index (χ3v) is 8.45. The van der Waals surface area contributed by atoms with Crippen molar-refractivity contribution < 1.29 is 17.9 Å². The van der Waals surface area contributed by atoms with Crippen molar-refractivity contribution in [3.05, 3.63) is 70.7 Å². The molecule has 1 aromatic heterocycles. The van der Waals surface area contributed by atoms with Gasteiger partial charge in [-0.05, 0) is 23.1 Å². The summed E-state index contributed by atoms with van der Waals surface area (Å²) in [5, 5.41) is 5.31. The maximum atomic E-state index is 13.1. The molecule has 4 rings (SSSR count). The van der Waals surface area contributed by atoms with Gasteiger partial charge in [0.1, 0.15) is 10.7 Å². The molecule has 0 aliphatic carbocycles. The molecular weight excluding hydrogens is 458 g/mol. The topological polar surface area (TPSA) is 88.6 Å². The van der Waals surface area contributed by atoms with Crippen molar-refractivity contribution in [3.63, 3.8) is 0 Å². The van der Waals surface area contributed by atoms with Crippen LogP contribution in [-0.4, -0.2) is 49.9 Å². The normalized spacial score (nSPS) is 15.0. The van der Waals surface area contributed by atoms with Gasteiger partial charge in [0, 0.05) is 30.6 Å². The highest BCUT2D eigenvalue weighted by Crippen LogP contribution is 2.26. The van der Waals surface area contributed by atoms with E-state index in [1.807, 2.05) is 12.1 Å². The quantitative estimate of drug-likeness (QED) is 0.549. The summed E-state index contributed by atoms with van der Waals surface area (Å²) in [7, 11) is -3.66. The molecule has 7 nitrogen and oxygen atoms in total. The number of hydrogen-bond acceptors (Lipinski definition) is 6. The first-order valence-electron chi connectivity index (χ1n) is 10.9. The van der Waals surface area contributed by atoms with Crippen LogP contribution in [0.3, 0.4) is 0 Å². The van der Waals surface area contributed by atoms with Crippen molar-refractivity contribution in [1.29, 1.82) is 0 Å². The summed E-state index contributed by atoms with van der Waals surface area (Å²) in [6.45, 7) is 5.78. The predicted octanol–water partition coefficient (Wildman–Crippen LogP) is 3.88. The lowest BCUT2D eigenvalue weighted by Crippen LogP contribution is -2.41. The number of sulfonamides is 1. The fraction of sp³-hybridized carbons (Fsp3) is 0.333. The van der Waals surface area contributed by atoms with Gasteiger partial charge in [-0.2, -0.15) is 4.31 Å². The van der Waals surface area contributed by atoms with E-state index in [4.69, 9.17) is 4.74 Å². The largest absolute Gasteiger partial charge is 0.379 e. The van der Waals surface area contributed by atoms with E-state index in [1.165, 1.54) is 21.2 Å². The molecule has 1 aliphatic heterocycles. The lowest BCUT2D eigenvalue weighted by molar-refractivity contribution is 0.0730. The summed E-state index contributed by atoms with van der Waals surface area (Å²) < 4.78 is 32.9. The highest BCUT2D eigenvalue weighted by Gasteiger charge is 2.28. The Morgan fingerprint density at radius 2 is 1.82 bits per heavy atom. The minimum Gasteiger partial charge on any atom is -0.379 e. The molecular formula is C24H27N3O4S2. The molecule has 0 atom stereocenters. The first-order valence-corrected chi connectivity index (χ1v) is 13.2. The standard InChI is InChI=1S/C24H27N3O4S2/c1-17(2)18-7-9-19(10-8-18)24-26-21(16-32-24)23(28)25-15-20-5-3-4-6-22(20)33(29,30)27-11-13-31-14-12-27/h3-10,16-17H,11-15H2,1-2H3,(H,25,28). The third kappa shape index (κ3) is 5.33. The highest BCUT2D eigenvalue weighted by molar-refractivity contribution is 7.89. The summed E-state index contributed by atoms with van der Waals surface area (Å²) in [5.74, 6) is 0.112. The van der Waals surface area contributed by atoms with Crippen molar-refractivity contribution in [1.82, 2.24) is 14.6 Å². The molecule has 1 aliphatic rings. The third-order valence-electron chi connectivity index (χ3n) is 5.56. The lowest BCUT2D eigenvalue weighted by Gasteiger charge is -2.27. The zero-order chi connectivity index (χ0) is 23.4. The lowest BCUT2D eigenvalue weighted by atomic mass is 10.0. The van der Waals surface area contributed by atoms with Gasteiger partial charge in [0.15, 0.2) is 0 Å². The minimum atomic E-state index is -3.66. The Morgan fingerprint density at radius 1 is 1.12 bits per heavy atom. The van der Waals surface area contributed by atoms with Crippen LogP contribution in [0.25, 0.3) is 10.6 Å². The van der Waals surface area contributed by atoms with Gasteiger partial charge in [0.2, 0.25) is 10.0 Å². The van der Waals surface area contributed by atoms with Gasteiger partial charge in [-0.15, -0.1) is 11.3 Å². The Bertz CT molecular complexity index is 1210. The van der Waals surface area contributed by atoms with E-state index in [9.17, 15) is 13.2 Å². The maximum absolute atomic E-state index is 13.1. The SMILES string of the molecule is CC(C)c1ccc(-c2nc(C(=O)NCc3ccccc3S(=O)(=O)N3CCOCC3)cs2)cc1. The van der Waals surface area contributed by atoms with Crippen molar-refractivity contribution in [2.75, 3.05) is 26.3 Å².